The standard InChI is InChI=1S/C13H21NO/c15-12(8-10-2-1-3-10)11-9-13(11)4-6-14-7-5-13/h10-11,14H,1-9H2. The highest BCUT2D eigenvalue weighted by molar-refractivity contribution is 5.85. The van der Waals surface area contributed by atoms with Gasteiger partial charge in [-0.05, 0) is 43.7 Å². The van der Waals surface area contributed by atoms with Crippen LogP contribution in [0.25, 0.3) is 0 Å². The van der Waals surface area contributed by atoms with Gasteiger partial charge in [-0.2, -0.15) is 0 Å². The lowest BCUT2D eigenvalue weighted by Crippen LogP contribution is -2.31. The van der Waals surface area contributed by atoms with Gasteiger partial charge in [0.05, 0.1) is 0 Å². The largest absolute Gasteiger partial charge is 0.317 e. The second kappa shape index (κ2) is 3.58. The van der Waals surface area contributed by atoms with Gasteiger partial charge in [0.1, 0.15) is 5.78 Å². The van der Waals surface area contributed by atoms with E-state index in [0.717, 1.165) is 25.4 Å². The van der Waals surface area contributed by atoms with Gasteiger partial charge >= 0.3 is 0 Å². The van der Waals surface area contributed by atoms with Crippen LogP contribution in [0.1, 0.15) is 44.9 Å². The van der Waals surface area contributed by atoms with Crippen molar-refractivity contribution in [1.82, 2.24) is 5.32 Å². The monoisotopic (exact) mass is 207 g/mol. The average molecular weight is 207 g/mol. The Bertz CT molecular complexity index is 264. The number of Topliss-reactive ketones (excluding diaryl/α,β-unsaturated/α-hetero) is 1. The molecular weight excluding hydrogens is 186 g/mol. The second-order valence-electron chi connectivity index (χ2n) is 5.84. The van der Waals surface area contributed by atoms with Crippen molar-refractivity contribution in [2.45, 2.75) is 44.9 Å². The van der Waals surface area contributed by atoms with Crippen LogP contribution in [0.5, 0.6) is 0 Å². The molecule has 1 saturated heterocycles. The number of ketones is 1. The molecule has 1 spiro atoms. The molecule has 0 radical (unpaired) electrons. The number of nitrogens with one attached hydrogen (secondary N) is 1. The normalized spacial score (nSPS) is 33.7. The molecule has 1 heterocycles. The smallest absolute Gasteiger partial charge is 0.136 e. The SMILES string of the molecule is O=C(CC1CCC1)C1CC12CCNCC2. The molecule has 1 unspecified atom stereocenters. The topological polar surface area (TPSA) is 29.1 Å². The van der Waals surface area contributed by atoms with Crippen molar-refractivity contribution >= 4 is 5.78 Å². The van der Waals surface area contributed by atoms with E-state index in [0.29, 0.717) is 17.1 Å². The number of hydrogen-bond donors (Lipinski definition) is 1. The molecule has 3 fully saturated rings. The maximum absolute atomic E-state index is 12.1. The number of hydrogen-bond acceptors (Lipinski definition) is 2. The maximum Gasteiger partial charge on any atom is 0.136 e. The third kappa shape index (κ3) is 1.73. The van der Waals surface area contributed by atoms with E-state index >= 15 is 0 Å². The molecule has 1 aliphatic heterocycles. The predicted octanol–water partition coefficient (Wildman–Crippen LogP) is 2.14. The van der Waals surface area contributed by atoms with E-state index in [-0.39, 0.29) is 0 Å². The highest BCUT2D eigenvalue weighted by Crippen LogP contribution is 2.59. The minimum atomic E-state index is 0.459. The highest BCUT2D eigenvalue weighted by Gasteiger charge is 2.57. The van der Waals surface area contributed by atoms with Crippen LogP contribution in [0.15, 0.2) is 0 Å². The minimum absolute atomic E-state index is 0.459. The summed E-state index contributed by atoms with van der Waals surface area (Å²) in [5, 5.41) is 3.39. The Labute approximate surface area is 91.8 Å². The van der Waals surface area contributed by atoms with Gasteiger partial charge in [0.2, 0.25) is 0 Å². The molecule has 0 aromatic carbocycles. The third-order valence-corrected chi connectivity index (χ3v) is 4.89. The van der Waals surface area contributed by atoms with Gasteiger partial charge in [0.15, 0.2) is 0 Å². The summed E-state index contributed by atoms with van der Waals surface area (Å²) in [6.07, 6.45) is 8.58. The molecule has 84 valence electrons. The van der Waals surface area contributed by atoms with Crippen molar-refractivity contribution in [1.29, 1.82) is 0 Å². The van der Waals surface area contributed by atoms with Crippen LogP contribution in [-0.4, -0.2) is 18.9 Å². The molecule has 1 atom stereocenters. The van der Waals surface area contributed by atoms with Gasteiger partial charge in [-0.1, -0.05) is 19.3 Å². The summed E-state index contributed by atoms with van der Waals surface area (Å²) in [5.74, 6) is 1.82. The lowest BCUT2D eigenvalue weighted by molar-refractivity contribution is -0.122. The van der Waals surface area contributed by atoms with Crippen molar-refractivity contribution in [3.63, 3.8) is 0 Å². The van der Waals surface area contributed by atoms with E-state index in [1.165, 1.54) is 38.5 Å². The zero-order chi connectivity index (χ0) is 10.3. The van der Waals surface area contributed by atoms with Crippen molar-refractivity contribution in [2.24, 2.45) is 17.3 Å². The van der Waals surface area contributed by atoms with Crippen molar-refractivity contribution < 1.29 is 4.79 Å². The summed E-state index contributed by atoms with van der Waals surface area (Å²) in [7, 11) is 0. The number of piperidine rings is 1. The molecule has 3 aliphatic rings. The number of carbonyl (C=O) groups excluding carboxylic acids is 1. The van der Waals surface area contributed by atoms with Gasteiger partial charge in [-0.25, -0.2) is 0 Å². The van der Waals surface area contributed by atoms with E-state index in [2.05, 4.69) is 5.32 Å². The Morgan fingerprint density at radius 3 is 2.60 bits per heavy atom. The lowest BCUT2D eigenvalue weighted by Gasteiger charge is -2.26. The van der Waals surface area contributed by atoms with E-state index in [4.69, 9.17) is 0 Å². The molecule has 2 saturated carbocycles. The zero-order valence-electron chi connectivity index (χ0n) is 9.43. The molecule has 3 rings (SSSR count). The molecule has 0 bridgehead atoms. The summed E-state index contributed by atoms with van der Waals surface area (Å²) in [6, 6.07) is 0. The Kier molecular flexibility index (Phi) is 2.35. The van der Waals surface area contributed by atoms with E-state index in [9.17, 15) is 4.79 Å². The first kappa shape index (κ1) is 9.83. The number of rotatable bonds is 3. The van der Waals surface area contributed by atoms with Crippen molar-refractivity contribution in [3.8, 4) is 0 Å². The van der Waals surface area contributed by atoms with Crippen LogP contribution in [0.2, 0.25) is 0 Å². The second-order valence-corrected chi connectivity index (χ2v) is 5.84. The first-order valence-electron chi connectivity index (χ1n) is 6.54. The van der Waals surface area contributed by atoms with Gasteiger partial charge in [0, 0.05) is 12.3 Å². The summed E-state index contributed by atoms with van der Waals surface area (Å²) >= 11 is 0. The van der Waals surface area contributed by atoms with Gasteiger partial charge in [-0.3, -0.25) is 4.79 Å². The summed E-state index contributed by atoms with van der Waals surface area (Å²) in [4.78, 5) is 12.1. The molecular formula is C13H21NO. The fourth-order valence-corrected chi connectivity index (χ4v) is 3.40. The Morgan fingerprint density at radius 1 is 1.27 bits per heavy atom. The third-order valence-electron chi connectivity index (χ3n) is 4.89. The Hall–Kier alpha value is -0.370. The fraction of sp³-hybridized carbons (Fsp3) is 0.923. The molecule has 2 heteroatoms. The first-order chi connectivity index (χ1) is 7.30. The van der Waals surface area contributed by atoms with Crippen LogP contribution in [-0.2, 0) is 4.79 Å². The molecule has 1 N–H and O–H groups in total. The highest BCUT2D eigenvalue weighted by atomic mass is 16.1. The van der Waals surface area contributed by atoms with Gasteiger partial charge in [0.25, 0.3) is 0 Å². The first-order valence-corrected chi connectivity index (χ1v) is 6.54. The fourth-order valence-electron chi connectivity index (χ4n) is 3.40. The van der Waals surface area contributed by atoms with Crippen LogP contribution in [0, 0.1) is 17.3 Å². The van der Waals surface area contributed by atoms with Crippen LogP contribution >= 0.6 is 0 Å². The predicted molar refractivity (Wildman–Crippen MR) is 59.6 cm³/mol. The van der Waals surface area contributed by atoms with Crippen molar-refractivity contribution in [2.75, 3.05) is 13.1 Å². The van der Waals surface area contributed by atoms with E-state index in [1.54, 1.807) is 0 Å². The van der Waals surface area contributed by atoms with Crippen LogP contribution in [0.4, 0.5) is 0 Å². The minimum Gasteiger partial charge on any atom is -0.317 e. The quantitative estimate of drug-likeness (QED) is 0.768. The molecule has 0 amide bonds. The molecule has 15 heavy (non-hydrogen) atoms. The lowest BCUT2D eigenvalue weighted by atomic mass is 9.80. The maximum atomic E-state index is 12.1. The Morgan fingerprint density at radius 2 is 2.00 bits per heavy atom. The van der Waals surface area contributed by atoms with E-state index < -0.39 is 0 Å². The van der Waals surface area contributed by atoms with Crippen LogP contribution < -0.4 is 5.32 Å². The summed E-state index contributed by atoms with van der Waals surface area (Å²) < 4.78 is 0. The zero-order valence-corrected chi connectivity index (χ0v) is 9.43. The number of carbonyl (C=O) groups is 1. The van der Waals surface area contributed by atoms with Gasteiger partial charge in [-0.15, -0.1) is 0 Å². The van der Waals surface area contributed by atoms with Crippen LogP contribution in [0.3, 0.4) is 0 Å². The summed E-state index contributed by atoms with van der Waals surface area (Å²) in [5.41, 5.74) is 0.464. The summed E-state index contributed by atoms with van der Waals surface area (Å²) in [6.45, 7) is 2.26. The van der Waals surface area contributed by atoms with Crippen molar-refractivity contribution in [3.05, 3.63) is 0 Å². The molecule has 0 aromatic rings. The average Bonchev–Trinajstić information content (AvgIpc) is 2.87. The molecule has 2 aliphatic carbocycles. The Balaban J connectivity index is 1.53. The van der Waals surface area contributed by atoms with E-state index in [1.807, 2.05) is 0 Å². The molecule has 2 nitrogen and oxygen atoms in total. The molecule has 0 aromatic heterocycles. The van der Waals surface area contributed by atoms with Gasteiger partial charge < -0.3 is 5.32 Å².